The van der Waals surface area contributed by atoms with Crippen molar-refractivity contribution < 1.29 is 9.13 Å². The first-order chi connectivity index (χ1) is 12.7. The van der Waals surface area contributed by atoms with E-state index in [0.29, 0.717) is 47.2 Å². The van der Waals surface area contributed by atoms with Gasteiger partial charge in [0.2, 0.25) is 0 Å². The van der Waals surface area contributed by atoms with Gasteiger partial charge >= 0.3 is 0 Å². The summed E-state index contributed by atoms with van der Waals surface area (Å²) in [4.78, 5) is 12.9. The second kappa shape index (κ2) is 5.60. The van der Waals surface area contributed by atoms with Crippen LogP contribution in [0.4, 0.5) is 4.39 Å². The summed E-state index contributed by atoms with van der Waals surface area (Å²) in [6.07, 6.45) is 3.29. The molecule has 5 rings (SSSR count). The molecule has 1 saturated heterocycles. The lowest BCUT2D eigenvalue weighted by atomic mass is 10.2. The molecule has 0 radical (unpaired) electrons. The minimum absolute atomic E-state index is 0.101. The van der Waals surface area contributed by atoms with E-state index in [0.717, 1.165) is 0 Å². The van der Waals surface area contributed by atoms with Gasteiger partial charge in [0.15, 0.2) is 5.52 Å². The van der Waals surface area contributed by atoms with Crippen LogP contribution in [0.25, 0.3) is 17.0 Å². The molecule has 2 aromatic heterocycles. The van der Waals surface area contributed by atoms with Crippen LogP contribution in [0.2, 0.25) is 0 Å². The first-order valence-electron chi connectivity index (χ1n) is 8.61. The average Bonchev–Trinajstić information content (AvgIpc) is 2.98. The Kier molecular flexibility index (Phi) is 3.33. The van der Waals surface area contributed by atoms with Crippen LogP contribution in [-0.2, 0) is 11.3 Å². The molecule has 0 bridgehead atoms. The molecule has 0 spiro atoms. The summed E-state index contributed by atoms with van der Waals surface area (Å²) in [5, 5.41) is 9.47. The van der Waals surface area contributed by atoms with Gasteiger partial charge in [0.05, 0.1) is 43.1 Å². The largest absolute Gasteiger partial charge is 0.381 e. The van der Waals surface area contributed by atoms with Crippen LogP contribution >= 0.6 is 0 Å². The fraction of sp³-hybridized carbons (Fsp3) is 0.316. The van der Waals surface area contributed by atoms with Crippen molar-refractivity contribution >= 4 is 17.0 Å². The van der Waals surface area contributed by atoms with Gasteiger partial charge in [-0.1, -0.05) is 24.8 Å². The Morgan fingerprint density at radius 1 is 1.31 bits per heavy atom. The molecule has 3 aromatic rings. The fourth-order valence-corrected chi connectivity index (χ4v) is 3.96. The van der Waals surface area contributed by atoms with Crippen molar-refractivity contribution in [2.75, 3.05) is 13.2 Å². The van der Waals surface area contributed by atoms with Crippen LogP contribution in [0.5, 0.6) is 0 Å². The average molecular weight is 352 g/mol. The number of hydrogen-bond acceptors (Lipinski definition) is 4. The highest BCUT2D eigenvalue weighted by Gasteiger charge is 2.56. The maximum Gasteiger partial charge on any atom is 0.295 e. The van der Waals surface area contributed by atoms with E-state index >= 15 is 0 Å². The molecule has 132 valence electrons. The highest BCUT2D eigenvalue weighted by molar-refractivity contribution is 5.85. The monoisotopic (exact) mass is 352 g/mol. The summed E-state index contributed by atoms with van der Waals surface area (Å²) >= 11 is 0. The van der Waals surface area contributed by atoms with Crippen molar-refractivity contribution in [3.8, 4) is 0 Å². The van der Waals surface area contributed by atoms with Gasteiger partial charge in [-0.2, -0.15) is 10.2 Å². The standard InChI is InChI=1S/C19H17FN4O2/c1-2-16-12-7-21-24(18-13-9-26-10-14(13)18)19(25)17(12)22-23(16)8-11-5-3-4-6-15(11)20/h2-7,13-14,18H,1,8-10H2/t13-,14+,18-. The zero-order valence-electron chi connectivity index (χ0n) is 14.0. The van der Waals surface area contributed by atoms with Crippen molar-refractivity contribution in [1.82, 2.24) is 19.6 Å². The molecule has 0 unspecified atom stereocenters. The maximum atomic E-state index is 14.0. The lowest BCUT2D eigenvalue weighted by molar-refractivity contribution is 0.149. The van der Waals surface area contributed by atoms with E-state index in [9.17, 15) is 9.18 Å². The molecule has 0 amide bonds. The molecule has 1 aliphatic carbocycles. The Morgan fingerprint density at radius 3 is 2.81 bits per heavy atom. The lowest BCUT2D eigenvalue weighted by Crippen LogP contribution is -2.24. The molecule has 0 N–H and O–H groups in total. The first-order valence-corrected chi connectivity index (χ1v) is 8.61. The van der Waals surface area contributed by atoms with Crippen LogP contribution in [0.15, 0.2) is 41.8 Å². The van der Waals surface area contributed by atoms with Gasteiger partial charge in [-0.25, -0.2) is 9.07 Å². The number of hydrogen-bond donors (Lipinski definition) is 0. The summed E-state index contributed by atoms with van der Waals surface area (Å²) in [7, 11) is 0. The topological polar surface area (TPSA) is 61.9 Å². The number of rotatable bonds is 4. The third-order valence-electron chi connectivity index (χ3n) is 5.41. The zero-order valence-corrected chi connectivity index (χ0v) is 14.0. The first kappa shape index (κ1) is 15.5. The Bertz CT molecular complexity index is 1080. The van der Waals surface area contributed by atoms with Gasteiger partial charge in [-0.05, 0) is 12.1 Å². The Balaban J connectivity index is 1.59. The molecule has 6 nitrogen and oxygen atoms in total. The van der Waals surface area contributed by atoms with Crippen molar-refractivity contribution in [2.45, 2.75) is 12.6 Å². The quantitative estimate of drug-likeness (QED) is 0.722. The van der Waals surface area contributed by atoms with E-state index in [-0.39, 0.29) is 24.0 Å². The van der Waals surface area contributed by atoms with Crippen molar-refractivity contribution in [3.63, 3.8) is 0 Å². The molecule has 1 aliphatic heterocycles. The molecule has 26 heavy (non-hydrogen) atoms. The summed E-state index contributed by atoms with van der Waals surface area (Å²) in [5.41, 5.74) is 1.30. The second-order valence-corrected chi connectivity index (χ2v) is 6.85. The Hall–Kier alpha value is -2.80. The fourth-order valence-electron chi connectivity index (χ4n) is 3.96. The highest BCUT2D eigenvalue weighted by atomic mass is 19.1. The third-order valence-corrected chi connectivity index (χ3v) is 5.41. The van der Waals surface area contributed by atoms with E-state index < -0.39 is 0 Å². The molecule has 1 aromatic carbocycles. The van der Waals surface area contributed by atoms with Gasteiger partial charge in [-0.15, -0.1) is 0 Å². The molecule has 3 heterocycles. The summed E-state index contributed by atoms with van der Waals surface area (Å²) in [6, 6.07) is 6.64. The van der Waals surface area contributed by atoms with Crippen molar-refractivity contribution in [1.29, 1.82) is 0 Å². The Morgan fingerprint density at radius 2 is 2.08 bits per heavy atom. The van der Waals surface area contributed by atoms with Gasteiger partial charge in [0.25, 0.3) is 5.56 Å². The SMILES string of the molecule is C=Cc1c2cnn([C@@H]3[C@@H]4COC[C@@H]43)c(=O)c2nn1Cc1ccccc1F. The van der Waals surface area contributed by atoms with E-state index in [4.69, 9.17) is 4.74 Å². The smallest absolute Gasteiger partial charge is 0.295 e. The number of fused-ring (bicyclic) bond motifs is 2. The molecule has 2 aliphatic rings. The van der Waals surface area contributed by atoms with Crippen LogP contribution < -0.4 is 5.56 Å². The molecular formula is C19H17FN4O2. The minimum Gasteiger partial charge on any atom is -0.381 e. The molecule has 2 fully saturated rings. The van der Waals surface area contributed by atoms with Crippen LogP contribution in [-0.4, -0.2) is 32.8 Å². The second-order valence-electron chi connectivity index (χ2n) is 6.85. The minimum atomic E-state index is -0.302. The predicted molar refractivity (Wildman–Crippen MR) is 94.2 cm³/mol. The van der Waals surface area contributed by atoms with Gasteiger partial charge in [0, 0.05) is 17.4 Å². The number of nitrogens with zero attached hydrogens (tertiary/aromatic N) is 4. The van der Waals surface area contributed by atoms with Crippen molar-refractivity contribution in [2.24, 2.45) is 11.8 Å². The highest BCUT2D eigenvalue weighted by Crippen LogP contribution is 2.53. The van der Waals surface area contributed by atoms with Gasteiger partial charge in [0.1, 0.15) is 5.82 Å². The molecular weight excluding hydrogens is 335 g/mol. The predicted octanol–water partition coefficient (Wildman–Crippen LogP) is 2.24. The van der Waals surface area contributed by atoms with Gasteiger partial charge < -0.3 is 4.74 Å². The molecule has 1 saturated carbocycles. The number of ether oxygens (including phenoxy) is 1. The van der Waals surface area contributed by atoms with E-state index in [1.165, 1.54) is 10.7 Å². The molecule has 3 atom stereocenters. The number of halogens is 1. The normalized spacial score (nSPS) is 24.0. The van der Waals surface area contributed by atoms with Crippen LogP contribution in [0, 0.1) is 17.7 Å². The maximum absolute atomic E-state index is 14.0. The Labute approximate surface area is 148 Å². The number of aromatic nitrogens is 4. The molecule has 7 heteroatoms. The van der Waals surface area contributed by atoms with Gasteiger partial charge in [-0.3, -0.25) is 9.48 Å². The summed E-state index contributed by atoms with van der Waals surface area (Å²) < 4.78 is 22.5. The van der Waals surface area contributed by atoms with Crippen LogP contribution in [0.1, 0.15) is 17.3 Å². The summed E-state index contributed by atoms with van der Waals surface area (Å²) in [6.45, 7) is 5.41. The van der Waals surface area contributed by atoms with Crippen molar-refractivity contribution in [3.05, 3.63) is 64.5 Å². The number of benzene rings is 1. The third kappa shape index (κ3) is 2.17. The zero-order chi connectivity index (χ0) is 17.8. The van der Waals surface area contributed by atoms with E-state index in [1.807, 2.05) is 0 Å². The van der Waals surface area contributed by atoms with E-state index in [1.54, 1.807) is 35.2 Å². The lowest BCUT2D eigenvalue weighted by Gasteiger charge is -2.06. The van der Waals surface area contributed by atoms with Crippen LogP contribution in [0.3, 0.4) is 0 Å². The summed E-state index contributed by atoms with van der Waals surface area (Å²) in [5.74, 6) is 0.442. The van der Waals surface area contributed by atoms with E-state index in [2.05, 4.69) is 16.8 Å².